The number of aromatic nitrogens is 3. The van der Waals surface area contributed by atoms with Gasteiger partial charge in [0, 0.05) is 12.4 Å². The Kier molecular flexibility index (Phi) is 2.84. The number of H-pyrrole nitrogens is 1. The molecule has 7 heteroatoms. The van der Waals surface area contributed by atoms with E-state index in [2.05, 4.69) is 14.8 Å². The molecule has 0 aromatic carbocycles. The number of hydrogen-bond acceptors (Lipinski definition) is 5. The molecule has 6 nitrogen and oxygen atoms in total. The molecule has 2 aromatic heterocycles. The smallest absolute Gasteiger partial charge is 0.356 e. The van der Waals surface area contributed by atoms with Crippen molar-refractivity contribution >= 4 is 17.3 Å². The summed E-state index contributed by atoms with van der Waals surface area (Å²) in [5.74, 6) is -0.580. The molecule has 1 N–H and O–H groups in total. The molecular formula is C10H11N3O3S. The molecule has 2 heterocycles. The lowest BCUT2D eigenvalue weighted by molar-refractivity contribution is 0.0594. The second kappa shape index (κ2) is 4.17. The fraction of sp³-hybridized carbons (Fsp3) is 0.300. The van der Waals surface area contributed by atoms with E-state index in [1.807, 2.05) is 6.92 Å². The first-order chi connectivity index (χ1) is 8.04. The zero-order valence-electron chi connectivity index (χ0n) is 9.60. The van der Waals surface area contributed by atoms with Crippen LogP contribution < -0.4 is 5.56 Å². The van der Waals surface area contributed by atoms with E-state index in [4.69, 9.17) is 0 Å². The Morgan fingerprint density at radius 1 is 1.59 bits per heavy atom. The van der Waals surface area contributed by atoms with Crippen molar-refractivity contribution < 1.29 is 9.53 Å². The number of methoxy groups -OCH3 is 1. The van der Waals surface area contributed by atoms with Gasteiger partial charge in [0.25, 0.3) is 5.56 Å². The maximum absolute atomic E-state index is 11.9. The maximum Gasteiger partial charge on any atom is 0.356 e. The van der Waals surface area contributed by atoms with Crippen LogP contribution in [0, 0.1) is 6.92 Å². The Labute approximate surface area is 101 Å². The number of hydrogen-bond donors (Lipinski definition) is 1. The zero-order valence-corrected chi connectivity index (χ0v) is 10.4. The SMILES string of the molecule is COC(=O)c1[nH]n(C)c(=O)c1-c1csc(C)n1. The van der Waals surface area contributed by atoms with Gasteiger partial charge in [0.15, 0.2) is 5.69 Å². The van der Waals surface area contributed by atoms with Crippen molar-refractivity contribution in [3.63, 3.8) is 0 Å². The quantitative estimate of drug-likeness (QED) is 0.808. The van der Waals surface area contributed by atoms with E-state index in [0.717, 1.165) is 5.01 Å². The molecule has 0 spiro atoms. The number of nitrogens with one attached hydrogen (secondary N) is 1. The number of esters is 1. The lowest BCUT2D eigenvalue weighted by atomic mass is 10.2. The molecule has 0 aliphatic carbocycles. The Balaban J connectivity index is 2.67. The van der Waals surface area contributed by atoms with Crippen LogP contribution in [0.5, 0.6) is 0 Å². The molecule has 0 saturated carbocycles. The van der Waals surface area contributed by atoms with E-state index in [9.17, 15) is 9.59 Å². The number of aromatic amines is 1. The molecule has 90 valence electrons. The van der Waals surface area contributed by atoms with Crippen LogP contribution in [0.2, 0.25) is 0 Å². The summed E-state index contributed by atoms with van der Waals surface area (Å²) >= 11 is 1.42. The minimum atomic E-state index is -0.580. The molecular weight excluding hydrogens is 242 g/mol. The maximum atomic E-state index is 11.9. The van der Waals surface area contributed by atoms with Crippen LogP contribution in [-0.4, -0.2) is 27.8 Å². The van der Waals surface area contributed by atoms with Gasteiger partial charge in [-0.1, -0.05) is 0 Å². The highest BCUT2D eigenvalue weighted by molar-refractivity contribution is 7.09. The van der Waals surface area contributed by atoms with Crippen LogP contribution in [0.1, 0.15) is 15.5 Å². The van der Waals surface area contributed by atoms with E-state index in [0.29, 0.717) is 5.69 Å². The van der Waals surface area contributed by atoms with Crippen molar-refractivity contribution in [1.82, 2.24) is 14.8 Å². The van der Waals surface area contributed by atoms with Crippen molar-refractivity contribution in [2.75, 3.05) is 7.11 Å². The first-order valence-corrected chi connectivity index (χ1v) is 5.72. The van der Waals surface area contributed by atoms with Gasteiger partial charge in [-0.25, -0.2) is 9.78 Å². The monoisotopic (exact) mass is 253 g/mol. The summed E-state index contributed by atoms with van der Waals surface area (Å²) in [5, 5.41) is 5.24. The molecule has 0 bridgehead atoms. The van der Waals surface area contributed by atoms with Crippen LogP contribution in [-0.2, 0) is 11.8 Å². The van der Waals surface area contributed by atoms with Gasteiger partial charge in [-0.2, -0.15) is 0 Å². The van der Waals surface area contributed by atoms with E-state index < -0.39 is 5.97 Å². The molecule has 0 fully saturated rings. The summed E-state index contributed by atoms with van der Waals surface area (Å²) in [5.41, 5.74) is 0.583. The Hall–Kier alpha value is -1.89. The summed E-state index contributed by atoms with van der Waals surface area (Å²) in [6.07, 6.45) is 0. The summed E-state index contributed by atoms with van der Waals surface area (Å²) in [7, 11) is 2.81. The topological polar surface area (TPSA) is 77.0 Å². The Morgan fingerprint density at radius 2 is 2.29 bits per heavy atom. The highest BCUT2D eigenvalue weighted by Crippen LogP contribution is 2.21. The van der Waals surface area contributed by atoms with Crippen molar-refractivity contribution in [2.45, 2.75) is 6.92 Å². The normalized spacial score (nSPS) is 10.5. The molecule has 0 amide bonds. The zero-order chi connectivity index (χ0) is 12.6. The largest absolute Gasteiger partial charge is 0.464 e. The predicted octanol–water partition coefficient (Wildman–Crippen LogP) is 0.932. The number of carbonyl (C=O) groups excluding carboxylic acids is 1. The van der Waals surface area contributed by atoms with Crippen molar-refractivity contribution in [3.05, 3.63) is 26.4 Å². The lowest BCUT2D eigenvalue weighted by Crippen LogP contribution is -2.13. The number of nitrogens with zero attached hydrogens (tertiary/aromatic N) is 2. The molecule has 2 aromatic rings. The molecule has 0 unspecified atom stereocenters. The summed E-state index contributed by atoms with van der Waals surface area (Å²) in [4.78, 5) is 27.7. The lowest BCUT2D eigenvalue weighted by Gasteiger charge is -1.97. The van der Waals surface area contributed by atoms with Crippen molar-refractivity contribution in [3.8, 4) is 11.3 Å². The molecule has 0 saturated heterocycles. The van der Waals surface area contributed by atoms with Crippen LogP contribution >= 0.6 is 11.3 Å². The summed E-state index contributed by atoms with van der Waals surface area (Å²) < 4.78 is 5.86. The highest BCUT2D eigenvalue weighted by Gasteiger charge is 2.22. The minimum absolute atomic E-state index is 0.130. The van der Waals surface area contributed by atoms with E-state index in [1.165, 1.54) is 30.2 Å². The van der Waals surface area contributed by atoms with Crippen LogP contribution in [0.25, 0.3) is 11.3 Å². The average Bonchev–Trinajstić information content (AvgIpc) is 2.84. The second-order valence-corrected chi connectivity index (χ2v) is 4.53. The molecule has 2 rings (SSSR count). The Bertz CT molecular complexity index is 623. The summed E-state index contributed by atoms with van der Waals surface area (Å²) in [6.45, 7) is 1.84. The average molecular weight is 253 g/mol. The van der Waals surface area contributed by atoms with Gasteiger partial charge in [0.1, 0.15) is 5.56 Å². The van der Waals surface area contributed by atoms with Gasteiger partial charge < -0.3 is 4.74 Å². The van der Waals surface area contributed by atoms with Crippen molar-refractivity contribution in [1.29, 1.82) is 0 Å². The van der Waals surface area contributed by atoms with Crippen LogP contribution in [0.4, 0.5) is 0 Å². The number of ether oxygens (including phenoxy) is 1. The Morgan fingerprint density at radius 3 is 2.82 bits per heavy atom. The highest BCUT2D eigenvalue weighted by atomic mass is 32.1. The standard InChI is InChI=1S/C10H11N3O3S/c1-5-11-6(4-17-5)7-8(10(15)16-3)12-13(2)9(7)14/h4,12H,1-3H3. The van der Waals surface area contributed by atoms with E-state index >= 15 is 0 Å². The third kappa shape index (κ3) is 1.89. The number of carbonyl (C=O) groups is 1. The van der Waals surface area contributed by atoms with Gasteiger partial charge in [-0.15, -0.1) is 11.3 Å². The fourth-order valence-electron chi connectivity index (χ4n) is 1.51. The van der Waals surface area contributed by atoms with Crippen molar-refractivity contribution in [2.24, 2.45) is 7.05 Å². The third-order valence-electron chi connectivity index (χ3n) is 2.31. The van der Waals surface area contributed by atoms with Gasteiger partial charge in [-0.05, 0) is 6.92 Å². The number of thiazole rings is 1. The van der Waals surface area contributed by atoms with Crippen LogP contribution in [0.15, 0.2) is 10.2 Å². The second-order valence-electron chi connectivity index (χ2n) is 3.47. The van der Waals surface area contributed by atoms with Gasteiger partial charge >= 0.3 is 5.97 Å². The fourth-order valence-corrected chi connectivity index (χ4v) is 2.12. The summed E-state index contributed by atoms with van der Waals surface area (Å²) in [6, 6.07) is 0. The number of aryl methyl sites for hydroxylation is 2. The van der Waals surface area contributed by atoms with Crippen LogP contribution in [0.3, 0.4) is 0 Å². The van der Waals surface area contributed by atoms with E-state index in [-0.39, 0.29) is 16.8 Å². The molecule has 0 aliphatic rings. The first-order valence-electron chi connectivity index (χ1n) is 4.84. The predicted molar refractivity (Wildman–Crippen MR) is 63.2 cm³/mol. The first kappa shape index (κ1) is 11.6. The molecule has 0 aliphatic heterocycles. The molecule has 0 radical (unpaired) electrons. The third-order valence-corrected chi connectivity index (χ3v) is 3.09. The molecule has 17 heavy (non-hydrogen) atoms. The van der Waals surface area contributed by atoms with Gasteiger partial charge in [0.2, 0.25) is 0 Å². The van der Waals surface area contributed by atoms with Gasteiger partial charge in [-0.3, -0.25) is 14.6 Å². The van der Waals surface area contributed by atoms with E-state index in [1.54, 1.807) is 5.38 Å². The number of rotatable bonds is 2. The molecule has 0 atom stereocenters. The minimum Gasteiger partial charge on any atom is -0.464 e. The van der Waals surface area contributed by atoms with Gasteiger partial charge in [0.05, 0.1) is 17.8 Å².